The average molecular weight is 274 g/mol. The second kappa shape index (κ2) is 6.75. The molecule has 18 heavy (non-hydrogen) atoms. The number of hydrogen-bond donors (Lipinski definition) is 2. The van der Waals surface area contributed by atoms with Gasteiger partial charge in [-0.1, -0.05) is 6.08 Å². The Balaban J connectivity index is 0.00000162. The SMILES string of the molecule is C=CCN1CCNC(CC(=O)NC2CC2)C1=O.Cl. The Morgan fingerprint density at radius 1 is 1.56 bits per heavy atom. The first kappa shape index (κ1) is 15.0. The number of nitrogens with one attached hydrogen (secondary N) is 2. The van der Waals surface area contributed by atoms with Gasteiger partial charge in [-0.25, -0.2) is 0 Å². The summed E-state index contributed by atoms with van der Waals surface area (Å²) < 4.78 is 0. The van der Waals surface area contributed by atoms with Crippen molar-refractivity contribution in [3.63, 3.8) is 0 Å². The van der Waals surface area contributed by atoms with Crippen LogP contribution in [0, 0.1) is 0 Å². The fourth-order valence-electron chi connectivity index (χ4n) is 1.99. The second-order valence-electron chi connectivity index (χ2n) is 4.63. The monoisotopic (exact) mass is 273 g/mol. The maximum atomic E-state index is 12.0. The topological polar surface area (TPSA) is 61.4 Å². The van der Waals surface area contributed by atoms with E-state index >= 15 is 0 Å². The minimum atomic E-state index is -0.373. The van der Waals surface area contributed by atoms with Gasteiger partial charge >= 0.3 is 0 Å². The average Bonchev–Trinajstić information content (AvgIpc) is 3.08. The van der Waals surface area contributed by atoms with E-state index in [4.69, 9.17) is 0 Å². The molecule has 0 aromatic heterocycles. The maximum Gasteiger partial charge on any atom is 0.240 e. The first-order chi connectivity index (χ1) is 8.20. The van der Waals surface area contributed by atoms with Crippen LogP contribution in [0.2, 0.25) is 0 Å². The van der Waals surface area contributed by atoms with Crippen molar-refractivity contribution in [1.29, 1.82) is 0 Å². The highest BCUT2D eigenvalue weighted by Gasteiger charge is 2.31. The third-order valence-electron chi connectivity index (χ3n) is 3.06. The molecule has 2 N–H and O–H groups in total. The lowest BCUT2D eigenvalue weighted by molar-refractivity contribution is -0.137. The van der Waals surface area contributed by atoms with E-state index in [-0.39, 0.29) is 36.7 Å². The van der Waals surface area contributed by atoms with Crippen LogP contribution in [0.1, 0.15) is 19.3 Å². The van der Waals surface area contributed by atoms with Gasteiger partial charge in [0.2, 0.25) is 11.8 Å². The fourth-order valence-corrected chi connectivity index (χ4v) is 1.99. The summed E-state index contributed by atoms with van der Waals surface area (Å²) in [5.74, 6) is -0.0269. The number of carbonyl (C=O) groups is 2. The van der Waals surface area contributed by atoms with E-state index in [0.29, 0.717) is 19.1 Å². The van der Waals surface area contributed by atoms with Crippen LogP contribution in [0.4, 0.5) is 0 Å². The summed E-state index contributed by atoms with van der Waals surface area (Å²) in [7, 11) is 0. The van der Waals surface area contributed by atoms with E-state index in [9.17, 15) is 9.59 Å². The Bertz CT molecular complexity index is 331. The molecular weight excluding hydrogens is 254 g/mol. The Hall–Kier alpha value is -1.07. The lowest BCUT2D eigenvalue weighted by Crippen LogP contribution is -2.56. The molecule has 0 radical (unpaired) electrons. The third-order valence-corrected chi connectivity index (χ3v) is 3.06. The highest BCUT2D eigenvalue weighted by atomic mass is 35.5. The number of nitrogens with zero attached hydrogens (tertiary/aromatic N) is 1. The first-order valence-corrected chi connectivity index (χ1v) is 6.13. The highest BCUT2D eigenvalue weighted by Crippen LogP contribution is 2.19. The molecule has 0 spiro atoms. The minimum absolute atomic E-state index is 0. The molecule has 1 atom stereocenters. The van der Waals surface area contributed by atoms with E-state index in [2.05, 4.69) is 17.2 Å². The van der Waals surface area contributed by atoms with Crippen molar-refractivity contribution in [3.8, 4) is 0 Å². The Kier molecular flexibility index (Phi) is 5.62. The van der Waals surface area contributed by atoms with E-state index in [0.717, 1.165) is 19.4 Å². The van der Waals surface area contributed by atoms with Crippen molar-refractivity contribution >= 4 is 24.2 Å². The largest absolute Gasteiger partial charge is 0.353 e. The summed E-state index contributed by atoms with van der Waals surface area (Å²) in [6.07, 6.45) is 4.09. The van der Waals surface area contributed by atoms with Gasteiger partial charge in [0.1, 0.15) is 0 Å². The predicted molar refractivity (Wildman–Crippen MR) is 71.6 cm³/mol. The normalized spacial score (nSPS) is 23.2. The zero-order valence-corrected chi connectivity index (χ0v) is 11.2. The van der Waals surface area contributed by atoms with Crippen LogP contribution in [0.25, 0.3) is 0 Å². The van der Waals surface area contributed by atoms with Crippen molar-refractivity contribution in [2.24, 2.45) is 0 Å². The maximum absolute atomic E-state index is 12.0. The van der Waals surface area contributed by atoms with Crippen LogP contribution in [0.3, 0.4) is 0 Å². The molecule has 1 aliphatic heterocycles. The van der Waals surface area contributed by atoms with E-state index in [1.54, 1.807) is 11.0 Å². The van der Waals surface area contributed by atoms with Crippen molar-refractivity contribution in [3.05, 3.63) is 12.7 Å². The van der Waals surface area contributed by atoms with Crippen LogP contribution in [0.5, 0.6) is 0 Å². The van der Waals surface area contributed by atoms with Crippen LogP contribution in [0.15, 0.2) is 12.7 Å². The van der Waals surface area contributed by atoms with Gasteiger partial charge < -0.3 is 15.5 Å². The molecule has 2 rings (SSSR count). The Morgan fingerprint density at radius 3 is 2.89 bits per heavy atom. The number of carbonyl (C=O) groups excluding carboxylic acids is 2. The summed E-state index contributed by atoms with van der Waals surface area (Å²) >= 11 is 0. The van der Waals surface area contributed by atoms with E-state index in [1.807, 2.05) is 0 Å². The predicted octanol–water partition coefficient (Wildman–Crippen LogP) is 0.0633. The standard InChI is InChI=1S/C12H19N3O2.ClH/c1-2-6-15-7-5-13-10(12(15)17)8-11(16)14-9-3-4-9;/h2,9-10,13H,1,3-8H2,(H,14,16);1H. The quantitative estimate of drug-likeness (QED) is 0.697. The van der Waals surface area contributed by atoms with Gasteiger partial charge in [0, 0.05) is 25.7 Å². The third kappa shape index (κ3) is 3.99. The van der Waals surface area contributed by atoms with Crippen LogP contribution >= 0.6 is 12.4 Å². The first-order valence-electron chi connectivity index (χ1n) is 6.13. The molecule has 102 valence electrons. The van der Waals surface area contributed by atoms with Gasteiger partial charge in [-0.2, -0.15) is 0 Å². The molecule has 2 amide bonds. The number of piperazine rings is 1. The number of hydrogen-bond acceptors (Lipinski definition) is 3. The van der Waals surface area contributed by atoms with Crippen LogP contribution in [-0.2, 0) is 9.59 Å². The molecule has 5 nitrogen and oxygen atoms in total. The molecule has 1 aliphatic carbocycles. The van der Waals surface area contributed by atoms with Crippen molar-refractivity contribution in [2.75, 3.05) is 19.6 Å². The van der Waals surface area contributed by atoms with Crippen LogP contribution < -0.4 is 10.6 Å². The summed E-state index contributed by atoms with van der Waals surface area (Å²) in [4.78, 5) is 25.4. The molecule has 1 heterocycles. The molecule has 0 aromatic rings. The highest BCUT2D eigenvalue weighted by molar-refractivity contribution is 5.89. The second-order valence-corrected chi connectivity index (χ2v) is 4.63. The summed E-state index contributed by atoms with van der Waals surface area (Å²) in [5, 5.41) is 5.99. The number of rotatable bonds is 5. The molecule has 1 unspecified atom stereocenters. The van der Waals surface area contributed by atoms with Crippen molar-refractivity contribution in [2.45, 2.75) is 31.3 Å². The van der Waals surface area contributed by atoms with Gasteiger partial charge in [0.15, 0.2) is 0 Å². The van der Waals surface area contributed by atoms with Gasteiger partial charge in [-0.15, -0.1) is 19.0 Å². The molecule has 2 aliphatic rings. The summed E-state index contributed by atoms with van der Waals surface area (Å²) in [6.45, 7) is 5.61. The lowest BCUT2D eigenvalue weighted by Gasteiger charge is -2.32. The summed E-state index contributed by atoms with van der Waals surface area (Å²) in [6, 6.07) is -0.0204. The fraction of sp³-hybridized carbons (Fsp3) is 0.667. The van der Waals surface area contributed by atoms with Crippen molar-refractivity contribution < 1.29 is 9.59 Å². The van der Waals surface area contributed by atoms with Crippen molar-refractivity contribution in [1.82, 2.24) is 15.5 Å². The Morgan fingerprint density at radius 2 is 2.28 bits per heavy atom. The van der Waals surface area contributed by atoms with E-state index in [1.165, 1.54) is 0 Å². The molecule has 6 heteroatoms. The molecule has 1 saturated heterocycles. The molecule has 0 bridgehead atoms. The molecular formula is C12H20ClN3O2. The van der Waals surface area contributed by atoms with E-state index < -0.39 is 0 Å². The molecule has 1 saturated carbocycles. The van der Waals surface area contributed by atoms with Crippen LogP contribution in [-0.4, -0.2) is 48.4 Å². The molecule has 0 aromatic carbocycles. The summed E-state index contributed by atoms with van der Waals surface area (Å²) in [5.41, 5.74) is 0. The number of halogens is 1. The van der Waals surface area contributed by atoms with Gasteiger partial charge in [-0.05, 0) is 12.8 Å². The lowest BCUT2D eigenvalue weighted by atomic mass is 10.1. The minimum Gasteiger partial charge on any atom is -0.353 e. The molecule has 2 fully saturated rings. The zero-order chi connectivity index (χ0) is 12.3. The Labute approximate surface area is 113 Å². The van der Waals surface area contributed by atoms with Gasteiger partial charge in [0.05, 0.1) is 12.5 Å². The zero-order valence-electron chi connectivity index (χ0n) is 10.4. The van der Waals surface area contributed by atoms with Gasteiger partial charge in [-0.3, -0.25) is 9.59 Å². The van der Waals surface area contributed by atoms with Gasteiger partial charge in [0.25, 0.3) is 0 Å². The number of amides is 2. The smallest absolute Gasteiger partial charge is 0.240 e.